The highest BCUT2D eigenvalue weighted by Gasteiger charge is 2.20. The lowest BCUT2D eigenvalue weighted by molar-refractivity contribution is 0.381. The molecule has 2 atom stereocenters. The van der Waals surface area contributed by atoms with Crippen LogP contribution in [0.15, 0.2) is 18.2 Å². The molecule has 1 rings (SSSR count). The van der Waals surface area contributed by atoms with Crippen molar-refractivity contribution in [1.82, 2.24) is 5.32 Å². The van der Waals surface area contributed by atoms with Crippen LogP contribution in [0.25, 0.3) is 0 Å². The number of benzene rings is 1. The van der Waals surface area contributed by atoms with E-state index in [-0.39, 0.29) is 0 Å². The number of hydrogen-bond donors (Lipinski definition) is 1. The van der Waals surface area contributed by atoms with Crippen molar-refractivity contribution in [3.8, 4) is 11.5 Å². The summed E-state index contributed by atoms with van der Waals surface area (Å²) in [5.41, 5.74) is 1.21. The van der Waals surface area contributed by atoms with Crippen LogP contribution in [-0.2, 0) is 0 Å². The van der Waals surface area contributed by atoms with Gasteiger partial charge in [-0.3, -0.25) is 0 Å². The van der Waals surface area contributed by atoms with E-state index < -0.39 is 0 Å². The summed E-state index contributed by atoms with van der Waals surface area (Å²) in [6.45, 7) is 7.70. The molecule has 2 unspecified atom stereocenters. The van der Waals surface area contributed by atoms with Crippen molar-refractivity contribution in [2.24, 2.45) is 0 Å². The molecule has 3 nitrogen and oxygen atoms in total. The van der Waals surface area contributed by atoms with E-state index in [4.69, 9.17) is 9.47 Å². The third-order valence-corrected chi connectivity index (χ3v) is 3.63. The van der Waals surface area contributed by atoms with Gasteiger partial charge in [-0.2, -0.15) is 0 Å². The number of nitrogens with one attached hydrogen (secondary N) is 1. The van der Waals surface area contributed by atoms with Crippen molar-refractivity contribution in [3.63, 3.8) is 0 Å². The normalized spacial score (nSPS) is 13.9. The minimum Gasteiger partial charge on any atom is -0.497 e. The zero-order valence-corrected chi connectivity index (χ0v) is 12.8. The van der Waals surface area contributed by atoms with E-state index in [9.17, 15) is 0 Å². The summed E-state index contributed by atoms with van der Waals surface area (Å²) < 4.78 is 10.8. The molecular formula is C16H27NO2. The highest BCUT2D eigenvalue weighted by molar-refractivity contribution is 5.42. The molecular weight excluding hydrogens is 238 g/mol. The summed E-state index contributed by atoms with van der Waals surface area (Å²) in [4.78, 5) is 0. The molecule has 0 aromatic heterocycles. The first-order valence-corrected chi connectivity index (χ1v) is 7.13. The van der Waals surface area contributed by atoms with Gasteiger partial charge in [-0.1, -0.05) is 20.8 Å². The van der Waals surface area contributed by atoms with Gasteiger partial charge in [0, 0.05) is 17.5 Å². The van der Waals surface area contributed by atoms with Gasteiger partial charge < -0.3 is 14.8 Å². The lowest BCUT2D eigenvalue weighted by Gasteiger charge is -2.26. The summed E-state index contributed by atoms with van der Waals surface area (Å²) in [6, 6.07) is 6.47. The summed E-state index contributed by atoms with van der Waals surface area (Å²) in [7, 11) is 3.42. The van der Waals surface area contributed by atoms with Crippen LogP contribution in [0.4, 0.5) is 0 Å². The van der Waals surface area contributed by atoms with E-state index >= 15 is 0 Å². The first kappa shape index (κ1) is 15.8. The molecule has 0 amide bonds. The average Bonchev–Trinajstić information content (AvgIpc) is 2.47. The van der Waals surface area contributed by atoms with Gasteiger partial charge in [0.2, 0.25) is 0 Å². The van der Waals surface area contributed by atoms with Crippen LogP contribution in [-0.4, -0.2) is 26.8 Å². The zero-order valence-electron chi connectivity index (χ0n) is 12.8. The largest absolute Gasteiger partial charge is 0.497 e. The average molecular weight is 265 g/mol. The van der Waals surface area contributed by atoms with E-state index in [2.05, 4.69) is 32.2 Å². The minimum atomic E-state index is 0.390. The Balaban J connectivity index is 2.97. The molecule has 0 saturated heterocycles. The van der Waals surface area contributed by atoms with E-state index in [1.165, 1.54) is 5.56 Å². The van der Waals surface area contributed by atoms with E-state index in [0.29, 0.717) is 12.0 Å². The maximum absolute atomic E-state index is 5.48. The van der Waals surface area contributed by atoms with Crippen LogP contribution in [0.1, 0.15) is 45.1 Å². The van der Waals surface area contributed by atoms with Gasteiger partial charge in [0.05, 0.1) is 14.2 Å². The third kappa shape index (κ3) is 4.13. The Morgan fingerprint density at radius 3 is 2.42 bits per heavy atom. The Bertz CT molecular complexity index is 379. The van der Waals surface area contributed by atoms with Gasteiger partial charge in [0.25, 0.3) is 0 Å². The van der Waals surface area contributed by atoms with Crippen LogP contribution in [0, 0.1) is 0 Å². The first-order chi connectivity index (χ1) is 9.17. The molecule has 108 valence electrons. The molecule has 0 aliphatic carbocycles. The molecule has 0 aliphatic heterocycles. The molecule has 19 heavy (non-hydrogen) atoms. The fourth-order valence-electron chi connectivity index (χ4n) is 2.42. The summed E-state index contributed by atoms with van der Waals surface area (Å²) in [5.74, 6) is 2.21. The van der Waals surface area contributed by atoms with Crippen molar-refractivity contribution in [2.45, 2.75) is 45.6 Å². The third-order valence-electron chi connectivity index (χ3n) is 3.63. The van der Waals surface area contributed by atoms with E-state index in [1.807, 2.05) is 12.1 Å². The SMILES string of the molecule is CCCNC(CC)C(C)c1cc(OC)ccc1OC. The smallest absolute Gasteiger partial charge is 0.122 e. The maximum Gasteiger partial charge on any atom is 0.122 e. The molecule has 0 heterocycles. The first-order valence-electron chi connectivity index (χ1n) is 7.13. The molecule has 0 bridgehead atoms. The van der Waals surface area contributed by atoms with Gasteiger partial charge in [-0.05, 0) is 37.6 Å². The molecule has 3 heteroatoms. The number of methoxy groups -OCH3 is 2. The fraction of sp³-hybridized carbons (Fsp3) is 0.625. The minimum absolute atomic E-state index is 0.390. The van der Waals surface area contributed by atoms with E-state index in [1.54, 1.807) is 14.2 Å². The zero-order chi connectivity index (χ0) is 14.3. The predicted octanol–water partition coefficient (Wildman–Crippen LogP) is 3.59. The fourth-order valence-corrected chi connectivity index (χ4v) is 2.42. The van der Waals surface area contributed by atoms with Gasteiger partial charge in [-0.15, -0.1) is 0 Å². The molecule has 0 saturated carbocycles. The Morgan fingerprint density at radius 2 is 1.89 bits per heavy atom. The van der Waals surface area contributed by atoms with Gasteiger partial charge in [0.15, 0.2) is 0 Å². The molecule has 1 aromatic carbocycles. The van der Waals surface area contributed by atoms with Crippen LogP contribution in [0.2, 0.25) is 0 Å². The topological polar surface area (TPSA) is 30.5 Å². The van der Waals surface area contributed by atoms with Crippen LogP contribution in [0.3, 0.4) is 0 Å². The number of ether oxygens (including phenoxy) is 2. The second-order valence-electron chi connectivity index (χ2n) is 4.87. The Kier molecular flexibility index (Phi) is 6.71. The van der Waals surface area contributed by atoms with E-state index in [0.717, 1.165) is 30.9 Å². The molecule has 1 aromatic rings. The predicted molar refractivity (Wildman–Crippen MR) is 80.3 cm³/mol. The van der Waals surface area contributed by atoms with Crippen LogP contribution < -0.4 is 14.8 Å². The van der Waals surface area contributed by atoms with Gasteiger partial charge in [-0.25, -0.2) is 0 Å². The number of hydrogen-bond acceptors (Lipinski definition) is 3. The van der Waals surface area contributed by atoms with Gasteiger partial charge >= 0.3 is 0 Å². The lowest BCUT2D eigenvalue weighted by atomic mass is 9.90. The highest BCUT2D eigenvalue weighted by atomic mass is 16.5. The standard InChI is InChI=1S/C16H27NO2/c1-6-10-17-15(7-2)12(3)14-11-13(18-4)8-9-16(14)19-5/h8-9,11-12,15,17H,6-7,10H2,1-5H3. The van der Waals surface area contributed by atoms with Crippen LogP contribution in [0.5, 0.6) is 11.5 Å². The van der Waals surface area contributed by atoms with Crippen molar-refractivity contribution < 1.29 is 9.47 Å². The van der Waals surface area contributed by atoms with Crippen molar-refractivity contribution in [2.75, 3.05) is 20.8 Å². The quantitative estimate of drug-likeness (QED) is 0.779. The summed E-state index contributed by atoms with van der Waals surface area (Å²) in [6.07, 6.45) is 2.25. The summed E-state index contributed by atoms with van der Waals surface area (Å²) in [5, 5.41) is 3.61. The second-order valence-corrected chi connectivity index (χ2v) is 4.87. The molecule has 0 aliphatic rings. The van der Waals surface area contributed by atoms with Crippen molar-refractivity contribution >= 4 is 0 Å². The monoisotopic (exact) mass is 265 g/mol. The molecule has 0 fully saturated rings. The van der Waals surface area contributed by atoms with Crippen molar-refractivity contribution in [1.29, 1.82) is 0 Å². The highest BCUT2D eigenvalue weighted by Crippen LogP contribution is 2.33. The maximum atomic E-state index is 5.48. The van der Waals surface area contributed by atoms with Crippen molar-refractivity contribution in [3.05, 3.63) is 23.8 Å². The second kappa shape index (κ2) is 8.05. The molecule has 0 spiro atoms. The molecule has 0 radical (unpaired) electrons. The molecule has 1 N–H and O–H groups in total. The Hall–Kier alpha value is -1.22. The summed E-state index contributed by atoms with van der Waals surface area (Å²) >= 11 is 0. The van der Waals surface area contributed by atoms with Crippen LogP contribution >= 0.6 is 0 Å². The lowest BCUT2D eigenvalue weighted by Crippen LogP contribution is -2.33. The van der Waals surface area contributed by atoms with Gasteiger partial charge in [0.1, 0.15) is 11.5 Å². The Morgan fingerprint density at radius 1 is 1.16 bits per heavy atom. The Labute approximate surface area is 117 Å². The number of rotatable bonds is 8.